The van der Waals surface area contributed by atoms with E-state index < -0.39 is 15.9 Å². The number of benzene rings is 2. The second-order valence-electron chi connectivity index (χ2n) is 9.41. The Morgan fingerprint density at radius 2 is 1.75 bits per heavy atom. The van der Waals surface area contributed by atoms with Gasteiger partial charge in [-0.05, 0) is 60.0 Å². The average molecular weight is 524 g/mol. The molecular weight excluding hydrogens is 494 g/mol. The quantitative estimate of drug-likeness (QED) is 0.488. The zero-order chi connectivity index (χ0) is 25.3. The van der Waals surface area contributed by atoms with Gasteiger partial charge in [-0.25, -0.2) is 13.6 Å². The lowest BCUT2D eigenvalue weighted by molar-refractivity contribution is -0.124. The Labute approximate surface area is 215 Å². The lowest BCUT2D eigenvalue weighted by Crippen LogP contribution is -2.50. The molecule has 1 fully saturated rings. The van der Waals surface area contributed by atoms with Gasteiger partial charge < -0.3 is 10.2 Å². The maximum atomic E-state index is 13.8. The van der Waals surface area contributed by atoms with Crippen molar-refractivity contribution >= 4 is 33.2 Å². The van der Waals surface area contributed by atoms with Crippen molar-refractivity contribution in [3.8, 4) is 0 Å². The van der Waals surface area contributed by atoms with Crippen LogP contribution in [0.2, 0.25) is 0 Å². The SMILES string of the molecule is NS(=O)(=O)c1ccc(CCNC(=O)[C@@H]2c3ccccc3C(=O)N(C3CCCC3)[C@@H]2c2cccs2)cc1. The summed E-state index contributed by atoms with van der Waals surface area (Å²) in [6.07, 6.45) is 4.64. The van der Waals surface area contributed by atoms with Gasteiger partial charge in [0.25, 0.3) is 5.91 Å². The van der Waals surface area contributed by atoms with Gasteiger partial charge in [0, 0.05) is 23.0 Å². The average Bonchev–Trinajstić information content (AvgIpc) is 3.58. The molecule has 7 nitrogen and oxygen atoms in total. The number of nitrogens with two attached hydrogens (primary N) is 1. The van der Waals surface area contributed by atoms with Crippen molar-refractivity contribution in [2.45, 2.75) is 55.0 Å². The van der Waals surface area contributed by atoms with Gasteiger partial charge in [-0.1, -0.05) is 49.2 Å². The number of carbonyl (C=O) groups excluding carboxylic acids is 2. The van der Waals surface area contributed by atoms with Gasteiger partial charge in [0.1, 0.15) is 0 Å². The lowest BCUT2D eigenvalue weighted by Gasteiger charge is -2.44. The van der Waals surface area contributed by atoms with Crippen molar-refractivity contribution < 1.29 is 18.0 Å². The molecule has 2 atom stereocenters. The predicted molar refractivity (Wildman–Crippen MR) is 139 cm³/mol. The summed E-state index contributed by atoms with van der Waals surface area (Å²) >= 11 is 1.58. The molecule has 0 unspecified atom stereocenters. The highest BCUT2D eigenvalue weighted by Gasteiger charge is 2.47. The molecule has 0 spiro atoms. The molecule has 3 aromatic rings. The Morgan fingerprint density at radius 3 is 2.42 bits per heavy atom. The smallest absolute Gasteiger partial charge is 0.254 e. The van der Waals surface area contributed by atoms with Gasteiger partial charge in [0.05, 0.1) is 16.9 Å². The zero-order valence-corrected chi connectivity index (χ0v) is 21.4. The largest absolute Gasteiger partial charge is 0.355 e. The summed E-state index contributed by atoms with van der Waals surface area (Å²) in [5, 5.41) is 10.3. The van der Waals surface area contributed by atoms with E-state index >= 15 is 0 Å². The van der Waals surface area contributed by atoms with Crippen LogP contribution in [-0.2, 0) is 21.2 Å². The maximum Gasteiger partial charge on any atom is 0.254 e. The van der Waals surface area contributed by atoms with Crippen molar-refractivity contribution in [3.05, 3.63) is 87.6 Å². The maximum absolute atomic E-state index is 13.8. The van der Waals surface area contributed by atoms with E-state index in [9.17, 15) is 18.0 Å². The summed E-state index contributed by atoms with van der Waals surface area (Å²) in [7, 11) is -3.74. The summed E-state index contributed by atoms with van der Waals surface area (Å²) in [5.74, 6) is -0.615. The molecule has 3 N–H and O–H groups in total. The highest BCUT2D eigenvalue weighted by Crippen LogP contribution is 2.47. The number of carbonyl (C=O) groups is 2. The molecule has 1 aliphatic carbocycles. The first kappa shape index (κ1) is 24.7. The molecule has 0 saturated heterocycles. The molecule has 2 amide bonds. The normalized spacial score (nSPS) is 20.4. The fourth-order valence-electron chi connectivity index (χ4n) is 5.47. The summed E-state index contributed by atoms with van der Waals surface area (Å²) in [5.41, 5.74) is 2.27. The second-order valence-corrected chi connectivity index (χ2v) is 11.9. The van der Waals surface area contributed by atoms with Gasteiger partial charge in [0.15, 0.2) is 0 Å². The molecule has 1 aliphatic heterocycles. The number of thiophene rings is 1. The van der Waals surface area contributed by atoms with E-state index in [1.165, 1.54) is 12.1 Å². The van der Waals surface area contributed by atoms with Gasteiger partial charge in [0.2, 0.25) is 15.9 Å². The van der Waals surface area contributed by atoms with Crippen molar-refractivity contribution in [1.82, 2.24) is 10.2 Å². The minimum atomic E-state index is -3.74. The van der Waals surface area contributed by atoms with Crippen LogP contribution in [0, 0.1) is 0 Å². The third-order valence-electron chi connectivity index (χ3n) is 7.18. The fraction of sp³-hybridized carbons (Fsp3) is 0.333. The van der Waals surface area contributed by atoms with E-state index in [0.717, 1.165) is 41.7 Å². The molecule has 1 aromatic heterocycles. The molecule has 36 heavy (non-hydrogen) atoms. The Morgan fingerprint density at radius 1 is 1.03 bits per heavy atom. The summed E-state index contributed by atoms with van der Waals surface area (Å²) in [6.45, 7) is 0.390. The number of rotatable bonds is 7. The van der Waals surface area contributed by atoms with E-state index in [1.54, 1.807) is 23.5 Å². The molecule has 2 aromatic carbocycles. The number of sulfonamides is 1. The van der Waals surface area contributed by atoms with Gasteiger partial charge >= 0.3 is 0 Å². The number of fused-ring (bicyclic) bond motifs is 1. The van der Waals surface area contributed by atoms with Crippen LogP contribution in [0.3, 0.4) is 0 Å². The second kappa shape index (κ2) is 10.2. The van der Waals surface area contributed by atoms with Gasteiger partial charge in [-0.15, -0.1) is 11.3 Å². The van der Waals surface area contributed by atoms with E-state index in [-0.39, 0.29) is 28.8 Å². The monoisotopic (exact) mass is 523 g/mol. The van der Waals surface area contributed by atoms with Crippen molar-refractivity contribution in [2.75, 3.05) is 6.54 Å². The van der Waals surface area contributed by atoms with Gasteiger partial charge in [-0.2, -0.15) is 0 Å². The summed E-state index contributed by atoms with van der Waals surface area (Å²) in [4.78, 5) is 30.6. The van der Waals surface area contributed by atoms with Crippen molar-refractivity contribution in [3.63, 3.8) is 0 Å². The van der Waals surface area contributed by atoms with Crippen LogP contribution in [0.15, 0.2) is 70.9 Å². The minimum Gasteiger partial charge on any atom is -0.355 e. The molecule has 188 valence electrons. The van der Waals surface area contributed by atoms with Crippen LogP contribution >= 0.6 is 11.3 Å². The topological polar surface area (TPSA) is 110 Å². The third-order valence-corrected chi connectivity index (χ3v) is 9.05. The van der Waals surface area contributed by atoms with E-state index in [0.29, 0.717) is 18.5 Å². The number of nitrogens with zero attached hydrogens (tertiary/aromatic N) is 1. The Hall–Kier alpha value is -3.01. The summed E-state index contributed by atoms with van der Waals surface area (Å²) < 4.78 is 23.0. The first-order chi connectivity index (χ1) is 17.3. The highest BCUT2D eigenvalue weighted by molar-refractivity contribution is 7.89. The molecule has 0 bridgehead atoms. The molecule has 0 radical (unpaired) electrons. The van der Waals surface area contributed by atoms with E-state index in [4.69, 9.17) is 5.14 Å². The molecule has 9 heteroatoms. The first-order valence-corrected chi connectivity index (χ1v) is 14.6. The molecule has 5 rings (SSSR count). The van der Waals surface area contributed by atoms with Crippen LogP contribution in [-0.4, -0.2) is 37.7 Å². The molecule has 2 aliphatic rings. The Bertz CT molecular complexity index is 1350. The minimum absolute atomic E-state index is 0.00916. The number of primary sulfonamides is 1. The standard InChI is InChI=1S/C27H29N3O4S2/c28-36(33,34)20-13-11-18(12-14-20)15-16-29-26(31)24-21-8-3-4-9-22(21)27(32)30(19-6-1-2-7-19)25(24)23-10-5-17-35-23/h3-5,8-14,17,19,24-25H,1-2,6-7,15-16H2,(H,29,31)(H2,28,33,34)/t24-,25-/m1/s1. The first-order valence-electron chi connectivity index (χ1n) is 12.2. The molecular formula is C27H29N3O4S2. The number of hydrogen-bond donors (Lipinski definition) is 2. The van der Waals surface area contributed by atoms with Crippen LogP contribution in [0.5, 0.6) is 0 Å². The zero-order valence-electron chi connectivity index (χ0n) is 19.8. The van der Waals surface area contributed by atoms with Crippen LogP contribution in [0.25, 0.3) is 0 Å². The predicted octanol–water partition coefficient (Wildman–Crippen LogP) is 3.98. The van der Waals surface area contributed by atoms with Crippen LogP contribution < -0.4 is 10.5 Å². The number of nitrogens with one attached hydrogen (secondary N) is 1. The van der Waals surface area contributed by atoms with Crippen molar-refractivity contribution in [1.29, 1.82) is 0 Å². The highest BCUT2D eigenvalue weighted by atomic mass is 32.2. The van der Waals surface area contributed by atoms with Crippen LogP contribution in [0.4, 0.5) is 0 Å². The molecule has 2 heterocycles. The summed E-state index contributed by atoms with van der Waals surface area (Å²) in [6, 6.07) is 17.6. The van der Waals surface area contributed by atoms with Crippen LogP contribution in [0.1, 0.15) is 64.0 Å². The fourth-order valence-corrected chi connectivity index (χ4v) is 6.84. The van der Waals surface area contributed by atoms with Crippen molar-refractivity contribution in [2.24, 2.45) is 5.14 Å². The van der Waals surface area contributed by atoms with E-state index in [1.807, 2.05) is 46.7 Å². The lowest BCUT2D eigenvalue weighted by atomic mass is 9.80. The number of amides is 2. The number of hydrogen-bond acceptors (Lipinski definition) is 5. The third kappa shape index (κ3) is 4.83. The molecule has 1 saturated carbocycles. The van der Waals surface area contributed by atoms with Gasteiger partial charge in [-0.3, -0.25) is 9.59 Å². The Kier molecular flexibility index (Phi) is 6.96. The Balaban J connectivity index is 1.41. The van der Waals surface area contributed by atoms with E-state index in [2.05, 4.69) is 5.32 Å².